The first-order valence-electron chi connectivity index (χ1n) is 16.6. The summed E-state index contributed by atoms with van der Waals surface area (Å²) in [6.45, 7) is 22.5. The van der Waals surface area contributed by atoms with E-state index in [9.17, 15) is 9.90 Å². The monoisotopic (exact) mass is 803 g/mol. The van der Waals surface area contributed by atoms with Gasteiger partial charge in [0.1, 0.15) is 0 Å². The Hall–Kier alpha value is -2.33. The Balaban J connectivity index is 0.000000297. The molecule has 45 heavy (non-hydrogen) atoms. The number of allylic oxidation sites excluding steroid dienone is 2. The molecule has 0 atom stereocenters. The molecule has 0 saturated carbocycles. The van der Waals surface area contributed by atoms with Gasteiger partial charge in [0.2, 0.25) is 0 Å². The number of ketones is 1. The molecule has 245 valence electrons. The Morgan fingerprint density at radius 1 is 0.911 bits per heavy atom. The molecule has 5 heteroatoms. The topological polar surface area (TPSA) is 50.2 Å². The molecule has 0 saturated heterocycles. The van der Waals surface area contributed by atoms with E-state index in [1.807, 2.05) is 57.4 Å². The number of hydrogen-bond donors (Lipinski definition) is 1. The molecule has 2 heterocycles. The SMILES string of the molecule is CCC(CC)C(=O)/C=C(\O)C(CC)CC.Cc1c2c(c3sc4c(-c5[c-]cccc5)nccc4c3c1C)C(C)(C)CCC2(C)C.[Ir]. The zero-order chi connectivity index (χ0) is 32.4. The van der Waals surface area contributed by atoms with E-state index in [1.54, 1.807) is 11.1 Å². The van der Waals surface area contributed by atoms with Crippen molar-refractivity contribution in [3.05, 3.63) is 76.7 Å². The van der Waals surface area contributed by atoms with E-state index in [0.29, 0.717) is 0 Å². The number of fused-ring (bicyclic) bond motifs is 5. The van der Waals surface area contributed by atoms with Crippen LogP contribution in [0.25, 0.3) is 31.4 Å². The fourth-order valence-corrected chi connectivity index (χ4v) is 8.72. The second-order valence-corrected chi connectivity index (χ2v) is 14.9. The van der Waals surface area contributed by atoms with E-state index in [2.05, 4.69) is 65.8 Å². The molecule has 2 aromatic heterocycles. The maximum atomic E-state index is 11.7. The van der Waals surface area contributed by atoms with Gasteiger partial charge in [-0.25, -0.2) is 0 Å². The van der Waals surface area contributed by atoms with E-state index in [1.165, 1.54) is 50.2 Å². The Morgan fingerprint density at radius 3 is 2.07 bits per heavy atom. The summed E-state index contributed by atoms with van der Waals surface area (Å²) >= 11 is 1.94. The fraction of sp³-hybridized carbons (Fsp3) is 0.500. The third kappa shape index (κ3) is 7.32. The third-order valence-corrected chi connectivity index (χ3v) is 11.4. The van der Waals surface area contributed by atoms with Crippen molar-refractivity contribution in [2.45, 2.75) is 119 Å². The Labute approximate surface area is 289 Å². The molecule has 0 bridgehead atoms. The van der Waals surface area contributed by atoms with E-state index in [0.717, 1.165) is 36.9 Å². The van der Waals surface area contributed by atoms with Crippen molar-refractivity contribution >= 4 is 37.3 Å². The molecule has 0 unspecified atom stereocenters. The molecule has 1 N–H and O–H groups in total. The Morgan fingerprint density at radius 2 is 1.51 bits per heavy atom. The molecule has 4 aromatic rings. The molecule has 1 aliphatic carbocycles. The van der Waals surface area contributed by atoms with E-state index in [-0.39, 0.29) is 54.3 Å². The minimum atomic E-state index is 0. The minimum Gasteiger partial charge on any atom is -0.512 e. The van der Waals surface area contributed by atoms with Gasteiger partial charge in [0.15, 0.2) is 5.78 Å². The molecular weight excluding hydrogens is 751 g/mol. The minimum absolute atomic E-state index is 0. The van der Waals surface area contributed by atoms with Crippen LogP contribution >= 0.6 is 11.3 Å². The van der Waals surface area contributed by atoms with Crippen LogP contribution < -0.4 is 0 Å². The molecule has 1 aliphatic rings. The largest absolute Gasteiger partial charge is 0.512 e. The number of carbonyl (C=O) groups excluding carboxylic acids is 1. The van der Waals surface area contributed by atoms with Gasteiger partial charge < -0.3 is 10.1 Å². The standard InChI is InChI=1S/C27H28NS.C13H24O2.Ir/c1-16-17(2)21-22(27(5,6)14-13-26(21,3)4)25-20(16)19-12-15-28-23(24(19)29-25)18-10-8-7-9-11-18;1-5-10(6-2)12(14)9-13(15)11(7-3)8-4;/h7-10,12,15H,13-14H2,1-6H3;9-11,14H,5-8H2,1-4H3;/q-1;;/b;12-9-;. The summed E-state index contributed by atoms with van der Waals surface area (Å²) in [6.07, 6.45) is 9.35. The molecule has 0 fully saturated rings. The van der Waals surface area contributed by atoms with Gasteiger partial charge in [-0.15, -0.1) is 47.2 Å². The molecule has 3 nitrogen and oxygen atoms in total. The van der Waals surface area contributed by atoms with E-state index >= 15 is 0 Å². The maximum absolute atomic E-state index is 11.7. The molecule has 0 aliphatic heterocycles. The smallest absolute Gasteiger partial charge is 0.162 e. The number of aromatic nitrogens is 1. The average molecular weight is 803 g/mol. The predicted octanol–water partition coefficient (Wildman–Crippen LogP) is 11.7. The van der Waals surface area contributed by atoms with E-state index in [4.69, 9.17) is 4.98 Å². The number of pyridine rings is 1. The van der Waals surface area contributed by atoms with Crippen LogP contribution in [0, 0.1) is 31.7 Å². The molecule has 0 amide bonds. The van der Waals surface area contributed by atoms with Gasteiger partial charge in [0.25, 0.3) is 0 Å². The zero-order valence-corrected chi connectivity index (χ0v) is 32.2. The number of nitrogens with zero attached hydrogens (tertiary/aromatic N) is 1. The van der Waals surface area contributed by atoms with Crippen molar-refractivity contribution in [3.63, 3.8) is 0 Å². The number of thiophene rings is 1. The summed E-state index contributed by atoms with van der Waals surface area (Å²) in [5, 5.41) is 12.5. The quantitative estimate of drug-likeness (QED) is 0.110. The van der Waals surface area contributed by atoms with Crippen molar-refractivity contribution in [1.82, 2.24) is 4.98 Å². The summed E-state index contributed by atoms with van der Waals surface area (Å²) in [5.41, 5.74) is 8.63. The van der Waals surface area contributed by atoms with Gasteiger partial charge >= 0.3 is 0 Å². The van der Waals surface area contributed by atoms with Gasteiger partial charge in [-0.2, -0.15) is 0 Å². The molecule has 2 aromatic carbocycles. The summed E-state index contributed by atoms with van der Waals surface area (Å²) in [6, 6.07) is 13.8. The van der Waals surface area contributed by atoms with Crippen LogP contribution in [-0.2, 0) is 35.7 Å². The van der Waals surface area contributed by atoms with Crippen molar-refractivity contribution in [1.29, 1.82) is 0 Å². The van der Waals surface area contributed by atoms with Crippen molar-refractivity contribution < 1.29 is 30.0 Å². The average Bonchev–Trinajstić information content (AvgIpc) is 3.39. The number of carbonyl (C=O) groups is 1. The van der Waals surface area contributed by atoms with Crippen molar-refractivity contribution in [2.75, 3.05) is 0 Å². The van der Waals surface area contributed by atoms with Crippen LogP contribution in [0.2, 0.25) is 0 Å². The van der Waals surface area contributed by atoms with Crippen LogP contribution in [0.1, 0.15) is 116 Å². The van der Waals surface area contributed by atoms with Crippen molar-refractivity contribution in [3.8, 4) is 11.3 Å². The van der Waals surface area contributed by atoms with Crippen molar-refractivity contribution in [2.24, 2.45) is 11.8 Å². The third-order valence-electron chi connectivity index (χ3n) is 10.2. The van der Waals surface area contributed by atoms with Gasteiger partial charge in [-0.05, 0) is 96.9 Å². The van der Waals surface area contributed by atoms with Crippen LogP contribution in [0.3, 0.4) is 0 Å². The Bertz CT molecular complexity index is 1660. The molecule has 5 rings (SSSR count). The van der Waals surface area contributed by atoms with Crippen LogP contribution in [0.5, 0.6) is 0 Å². The summed E-state index contributed by atoms with van der Waals surface area (Å²) in [4.78, 5) is 16.5. The van der Waals surface area contributed by atoms with Crippen LogP contribution in [-0.4, -0.2) is 15.9 Å². The van der Waals surface area contributed by atoms with Crippen LogP contribution in [0.4, 0.5) is 0 Å². The Kier molecular flexibility index (Phi) is 12.4. The summed E-state index contributed by atoms with van der Waals surface area (Å²) < 4.78 is 2.76. The summed E-state index contributed by atoms with van der Waals surface area (Å²) in [7, 11) is 0. The number of rotatable bonds is 8. The van der Waals surface area contributed by atoms with Gasteiger partial charge in [0, 0.05) is 64.7 Å². The number of aliphatic hydroxyl groups excluding tert-OH is 1. The number of aryl methyl sites for hydroxylation is 1. The fourth-order valence-electron chi connectivity index (χ4n) is 7.13. The van der Waals surface area contributed by atoms with Crippen LogP contribution in [0.15, 0.2) is 48.4 Å². The first kappa shape index (κ1) is 37.1. The first-order chi connectivity index (χ1) is 20.8. The predicted molar refractivity (Wildman–Crippen MR) is 190 cm³/mol. The molecule has 0 spiro atoms. The number of aliphatic hydroxyl groups is 1. The summed E-state index contributed by atoms with van der Waals surface area (Å²) in [5.74, 6) is 0.547. The number of hydrogen-bond acceptors (Lipinski definition) is 4. The van der Waals surface area contributed by atoms with Gasteiger partial charge in [0.05, 0.1) is 5.76 Å². The van der Waals surface area contributed by atoms with Gasteiger partial charge in [-0.1, -0.05) is 55.4 Å². The second kappa shape index (κ2) is 15.1. The maximum Gasteiger partial charge on any atom is 0.162 e. The zero-order valence-electron chi connectivity index (χ0n) is 29.0. The van der Waals surface area contributed by atoms with E-state index < -0.39 is 0 Å². The molecule has 1 radical (unpaired) electrons. The first-order valence-corrected chi connectivity index (χ1v) is 17.4. The number of benzene rings is 2. The molecular formula is C40H52IrNO2S-. The normalized spacial score (nSPS) is 15.5. The van der Waals surface area contributed by atoms with Gasteiger partial charge in [-0.3, -0.25) is 4.79 Å². The second-order valence-electron chi connectivity index (χ2n) is 13.9.